The Balaban J connectivity index is 2.12. The first kappa shape index (κ1) is 13.2. The number of halogens is 1. The predicted octanol–water partition coefficient (Wildman–Crippen LogP) is 3.60. The zero-order valence-electron chi connectivity index (χ0n) is 10.7. The summed E-state index contributed by atoms with van der Waals surface area (Å²) in [7, 11) is 0. The van der Waals surface area contributed by atoms with Gasteiger partial charge in [0.15, 0.2) is 0 Å². The topological polar surface area (TPSA) is 32.3 Å². The Hall–Kier alpha value is -1.22. The molecule has 4 heteroatoms. The molecular weight excluding hydrogens is 248 g/mol. The molecule has 18 heavy (non-hydrogen) atoms. The molecule has 0 aliphatic carbocycles. The number of hydrogen-bond acceptors (Lipinski definition) is 1. The first-order valence-electron chi connectivity index (χ1n) is 6.53. The number of urea groups is 1. The number of nitrogens with zero attached hydrogens (tertiary/aromatic N) is 1. The normalized spacial score (nSPS) is 19.0. The second kappa shape index (κ2) is 6.10. The molecule has 0 radical (unpaired) electrons. The molecule has 0 bridgehead atoms. The van der Waals surface area contributed by atoms with E-state index in [9.17, 15) is 4.79 Å². The van der Waals surface area contributed by atoms with Crippen LogP contribution in [0.1, 0.15) is 37.8 Å². The van der Waals surface area contributed by atoms with Crippen LogP contribution in [0.4, 0.5) is 4.79 Å². The van der Waals surface area contributed by atoms with E-state index in [1.165, 1.54) is 0 Å². The quantitative estimate of drug-likeness (QED) is 0.891. The lowest BCUT2D eigenvalue weighted by Crippen LogP contribution is -2.39. The monoisotopic (exact) mass is 266 g/mol. The van der Waals surface area contributed by atoms with Gasteiger partial charge in [-0.05, 0) is 30.9 Å². The molecule has 1 aliphatic rings. The summed E-state index contributed by atoms with van der Waals surface area (Å²) in [5, 5.41) is 3.69. The lowest BCUT2D eigenvalue weighted by atomic mass is 10.0. The summed E-state index contributed by atoms with van der Waals surface area (Å²) in [6.07, 6.45) is 2.98. The van der Waals surface area contributed by atoms with Crippen molar-refractivity contribution in [3.63, 3.8) is 0 Å². The third-order valence-corrected chi connectivity index (χ3v) is 3.65. The van der Waals surface area contributed by atoms with E-state index in [0.717, 1.165) is 42.9 Å². The third kappa shape index (κ3) is 2.78. The highest BCUT2D eigenvalue weighted by Crippen LogP contribution is 2.35. The van der Waals surface area contributed by atoms with Gasteiger partial charge in [0, 0.05) is 18.1 Å². The van der Waals surface area contributed by atoms with E-state index < -0.39 is 0 Å². The number of amides is 2. The van der Waals surface area contributed by atoms with E-state index in [2.05, 4.69) is 12.2 Å². The maximum absolute atomic E-state index is 12.1. The van der Waals surface area contributed by atoms with Crippen molar-refractivity contribution in [2.24, 2.45) is 0 Å². The Morgan fingerprint density at radius 1 is 1.50 bits per heavy atom. The largest absolute Gasteiger partial charge is 0.338 e. The summed E-state index contributed by atoms with van der Waals surface area (Å²) >= 11 is 6.22. The van der Waals surface area contributed by atoms with Gasteiger partial charge in [0.2, 0.25) is 0 Å². The fourth-order valence-electron chi connectivity index (χ4n) is 2.41. The van der Waals surface area contributed by atoms with Crippen LogP contribution >= 0.6 is 11.6 Å². The SMILES string of the molecule is CCCNC(=O)N1CCCC1c1ccccc1Cl. The fourth-order valence-corrected chi connectivity index (χ4v) is 2.67. The third-order valence-electron chi connectivity index (χ3n) is 3.30. The number of hydrogen-bond donors (Lipinski definition) is 1. The minimum atomic E-state index is 0.0271. The van der Waals surface area contributed by atoms with Gasteiger partial charge in [-0.1, -0.05) is 36.7 Å². The highest BCUT2D eigenvalue weighted by Gasteiger charge is 2.30. The molecule has 1 aliphatic heterocycles. The maximum atomic E-state index is 12.1. The maximum Gasteiger partial charge on any atom is 0.317 e. The summed E-state index contributed by atoms with van der Waals surface area (Å²) in [5.74, 6) is 0. The van der Waals surface area contributed by atoms with Crippen LogP contribution in [0.15, 0.2) is 24.3 Å². The first-order chi connectivity index (χ1) is 8.74. The van der Waals surface area contributed by atoms with Gasteiger partial charge in [0.25, 0.3) is 0 Å². The number of likely N-dealkylation sites (tertiary alicyclic amines) is 1. The van der Waals surface area contributed by atoms with Gasteiger partial charge in [-0.25, -0.2) is 4.79 Å². The van der Waals surface area contributed by atoms with Gasteiger partial charge in [0.1, 0.15) is 0 Å². The van der Waals surface area contributed by atoms with Crippen LogP contribution in [0.25, 0.3) is 0 Å². The Morgan fingerprint density at radius 2 is 2.28 bits per heavy atom. The van der Waals surface area contributed by atoms with E-state index in [1.54, 1.807) is 0 Å². The first-order valence-corrected chi connectivity index (χ1v) is 6.90. The molecule has 1 atom stereocenters. The molecule has 1 aromatic rings. The number of rotatable bonds is 3. The molecule has 0 aromatic heterocycles. The number of benzene rings is 1. The molecule has 1 saturated heterocycles. The van der Waals surface area contributed by atoms with Crippen LogP contribution in [0.2, 0.25) is 5.02 Å². The number of carbonyl (C=O) groups is 1. The Kier molecular flexibility index (Phi) is 4.48. The summed E-state index contributed by atoms with van der Waals surface area (Å²) in [4.78, 5) is 14.0. The molecule has 1 aromatic carbocycles. The molecule has 1 heterocycles. The van der Waals surface area contributed by atoms with Gasteiger partial charge in [-0.3, -0.25) is 0 Å². The summed E-state index contributed by atoms with van der Waals surface area (Å²) < 4.78 is 0. The van der Waals surface area contributed by atoms with Crippen LogP contribution in [0, 0.1) is 0 Å². The molecule has 0 spiro atoms. The Labute approximate surface area is 113 Å². The minimum Gasteiger partial charge on any atom is -0.338 e. The van der Waals surface area contributed by atoms with E-state index in [4.69, 9.17) is 11.6 Å². The lowest BCUT2D eigenvalue weighted by Gasteiger charge is -2.26. The average Bonchev–Trinajstić information content (AvgIpc) is 2.85. The van der Waals surface area contributed by atoms with Crippen molar-refractivity contribution >= 4 is 17.6 Å². The van der Waals surface area contributed by atoms with Crippen molar-refractivity contribution in [3.05, 3.63) is 34.9 Å². The molecule has 2 rings (SSSR count). The molecule has 1 unspecified atom stereocenters. The van der Waals surface area contributed by atoms with Gasteiger partial charge in [-0.15, -0.1) is 0 Å². The van der Waals surface area contributed by atoms with Crippen LogP contribution < -0.4 is 5.32 Å². The second-order valence-corrected chi connectivity index (χ2v) is 5.01. The van der Waals surface area contributed by atoms with Crippen LogP contribution in [-0.2, 0) is 0 Å². The average molecular weight is 267 g/mol. The number of nitrogens with one attached hydrogen (secondary N) is 1. The van der Waals surface area contributed by atoms with Gasteiger partial charge < -0.3 is 10.2 Å². The standard InChI is InChI=1S/C14H19ClN2O/c1-2-9-16-14(18)17-10-5-8-13(17)11-6-3-4-7-12(11)15/h3-4,6-7,13H,2,5,8-10H2,1H3,(H,16,18). The van der Waals surface area contributed by atoms with Crippen molar-refractivity contribution in [2.45, 2.75) is 32.2 Å². The molecule has 0 saturated carbocycles. The molecular formula is C14H19ClN2O. The van der Waals surface area contributed by atoms with Crippen LogP contribution in [0.3, 0.4) is 0 Å². The summed E-state index contributed by atoms with van der Waals surface area (Å²) in [6.45, 7) is 3.59. The van der Waals surface area contributed by atoms with Crippen molar-refractivity contribution in [1.29, 1.82) is 0 Å². The number of carbonyl (C=O) groups excluding carboxylic acids is 1. The van der Waals surface area contributed by atoms with Gasteiger partial charge >= 0.3 is 6.03 Å². The Morgan fingerprint density at radius 3 is 3.00 bits per heavy atom. The van der Waals surface area contributed by atoms with Gasteiger partial charge in [0.05, 0.1) is 6.04 Å². The smallest absolute Gasteiger partial charge is 0.317 e. The fraction of sp³-hybridized carbons (Fsp3) is 0.500. The molecule has 2 amide bonds. The zero-order valence-corrected chi connectivity index (χ0v) is 11.4. The summed E-state index contributed by atoms with van der Waals surface area (Å²) in [6, 6.07) is 7.94. The highest BCUT2D eigenvalue weighted by molar-refractivity contribution is 6.31. The van der Waals surface area contributed by atoms with E-state index in [1.807, 2.05) is 29.2 Å². The van der Waals surface area contributed by atoms with Gasteiger partial charge in [-0.2, -0.15) is 0 Å². The second-order valence-electron chi connectivity index (χ2n) is 4.60. The summed E-state index contributed by atoms with van der Waals surface area (Å²) in [5.41, 5.74) is 1.06. The Bertz CT molecular complexity index is 422. The molecule has 98 valence electrons. The van der Waals surface area contributed by atoms with E-state index in [-0.39, 0.29) is 12.1 Å². The predicted molar refractivity (Wildman–Crippen MR) is 73.8 cm³/mol. The van der Waals surface area contributed by atoms with Crippen molar-refractivity contribution in [3.8, 4) is 0 Å². The van der Waals surface area contributed by atoms with Crippen molar-refractivity contribution in [2.75, 3.05) is 13.1 Å². The minimum absolute atomic E-state index is 0.0271. The zero-order chi connectivity index (χ0) is 13.0. The van der Waals surface area contributed by atoms with Crippen LogP contribution in [0.5, 0.6) is 0 Å². The van der Waals surface area contributed by atoms with E-state index >= 15 is 0 Å². The molecule has 1 fully saturated rings. The lowest BCUT2D eigenvalue weighted by molar-refractivity contribution is 0.193. The van der Waals surface area contributed by atoms with E-state index in [0.29, 0.717) is 0 Å². The molecule has 3 nitrogen and oxygen atoms in total. The van der Waals surface area contributed by atoms with Crippen LogP contribution in [-0.4, -0.2) is 24.0 Å². The molecule has 1 N–H and O–H groups in total. The van der Waals surface area contributed by atoms with Crippen molar-refractivity contribution in [1.82, 2.24) is 10.2 Å². The van der Waals surface area contributed by atoms with Crippen molar-refractivity contribution < 1.29 is 4.79 Å². The highest BCUT2D eigenvalue weighted by atomic mass is 35.5.